The van der Waals surface area contributed by atoms with Crippen LogP contribution in [0.15, 0.2) is 24.3 Å². The topological polar surface area (TPSA) is 0 Å². The molecule has 0 amide bonds. The minimum Gasteiger partial charge on any atom is -0.207 e. The molecule has 0 heterocycles. The summed E-state index contributed by atoms with van der Waals surface area (Å²) in [5.41, 5.74) is 1.17. The van der Waals surface area contributed by atoms with Crippen LogP contribution in [0.2, 0.25) is 0 Å². The van der Waals surface area contributed by atoms with E-state index in [1.807, 2.05) is 12.1 Å². The van der Waals surface area contributed by atoms with Gasteiger partial charge in [-0.3, -0.25) is 0 Å². The van der Waals surface area contributed by atoms with Crippen LogP contribution in [0.4, 0.5) is 4.39 Å². The van der Waals surface area contributed by atoms with E-state index in [4.69, 9.17) is 11.6 Å². The molecule has 1 atom stereocenters. The lowest BCUT2D eigenvalue weighted by molar-refractivity contribution is 0.550. The molecule has 1 rings (SSSR count). The molecule has 0 aliphatic carbocycles. The van der Waals surface area contributed by atoms with Crippen molar-refractivity contribution in [2.24, 2.45) is 0 Å². The van der Waals surface area contributed by atoms with Gasteiger partial charge in [-0.2, -0.15) is 0 Å². The van der Waals surface area contributed by atoms with Crippen molar-refractivity contribution in [1.29, 1.82) is 0 Å². The summed E-state index contributed by atoms with van der Waals surface area (Å²) in [7, 11) is 0. The van der Waals surface area contributed by atoms with Crippen LogP contribution in [0.3, 0.4) is 0 Å². The maximum Gasteiger partial charge on any atom is 0.123 e. The SMILES string of the molecule is CCCCCCCCCC(CCl)c1ccc(F)cc1. The smallest absolute Gasteiger partial charge is 0.123 e. The normalized spacial score (nSPS) is 12.6. The Morgan fingerprint density at radius 3 is 2.11 bits per heavy atom. The monoisotopic (exact) mass is 284 g/mol. The molecular formula is C17H26ClF. The molecule has 0 spiro atoms. The van der Waals surface area contributed by atoms with Crippen molar-refractivity contribution >= 4 is 11.6 Å². The predicted molar refractivity (Wildman–Crippen MR) is 82.5 cm³/mol. The van der Waals surface area contributed by atoms with E-state index in [-0.39, 0.29) is 5.82 Å². The molecular weight excluding hydrogens is 259 g/mol. The first-order chi connectivity index (χ1) is 9.27. The molecule has 0 radical (unpaired) electrons. The van der Waals surface area contributed by atoms with Crippen LogP contribution in [0, 0.1) is 5.82 Å². The lowest BCUT2D eigenvalue weighted by Crippen LogP contribution is -2.00. The third-order valence-electron chi connectivity index (χ3n) is 3.68. The van der Waals surface area contributed by atoms with Gasteiger partial charge < -0.3 is 0 Å². The average Bonchev–Trinajstić information content (AvgIpc) is 2.43. The van der Waals surface area contributed by atoms with E-state index >= 15 is 0 Å². The molecule has 0 fully saturated rings. The first-order valence-corrected chi connectivity index (χ1v) is 8.12. The van der Waals surface area contributed by atoms with E-state index in [1.54, 1.807) is 0 Å². The van der Waals surface area contributed by atoms with Crippen LogP contribution >= 0.6 is 11.6 Å². The number of hydrogen-bond donors (Lipinski definition) is 0. The number of unbranched alkanes of at least 4 members (excludes halogenated alkanes) is 6. The maximum atomic E-state index is 12.9. The molecule has 0 saturated carbocycles. The zero-order chi connectivity index (χ0) is 13.9. The van der Waals surface area contributed by atoms with Gasteiger partial charge in [-0.05, 0) is 30.0 Å². The Hall–Kier alpha value is -0.560. The first kappa shape index (κ1) is 16.5. The molecule has 0 aromatic heterocycles. The molecule has 1 unspecified atom stereocenters. The summed E-state index contributed by atoms with van der Waals surface area (Å²) in [5, 5.41) is 0. The van der Waals surface area contributed by atoms with Crippen molar-refractivity contribution in [3.05, 3.63) is 35.6 Å². The lowest BCUT2D eigenvalue weighted by Gasteiger charge is -2.14. The largest absolute Gasteiger partial charge is 0.207 e. The van der Waals surface area contributed by atoms with Gasteiger partial charge >= 0.3 is 0 Å². The highest BCUT2D eigenvalue weighted by molar-refractivity contribution is 6.18. The summed E-state index contributed by atoms with van der Waals surface area (Å²) in [6.45, 7) is 2.24. The van der Waals surface area contributed by atoms with Crippen molar-refractivity contribution in [2.45, 2.75) is 64.2 Å². The van der Waals surface area contributed by atoms with E-state index in [0.29, 0.717) is 11.8 Å². The Bertz CT molecular complexity index is 321. The standard InChI is InChI=1S/C17H26ClF/c1-2-3-4-5-6-7-8-9-16(14-18)15-10-12-17(19)13-11-15/h10-13,16H,2-9,14H2,1H3. The zero-order valence-electron chi connectivity index (χ0n) is 12.0. The second-order valence-electron chi connectivity index (χ2n) is 5.31. The van der Waals surface area contributed by atoms with Gasteiger partial charge in [0.15, 0.2) is 0 Å². The molecule has 2 heteroatoms. The summed E-state index contributed by atoms with van der Waals surface area (Å²) >= 11 is 6.03. The molecule has 19 heavy (non-hydrogen) atoms. The van der Waals surface area contributed by atoms with Gasteiger partial charge in [0.1, 0.15) is 5.82 Å². The Morgan fingerprint density at radius 1 is 0.947 bits per heavy atom. The van der Waals surface area contributed by atoms with Gasteiger partial charge in [0.05, 0.1) is 0 Å². The average molecular weight is 285 g/mol. The number of benzene rings is 1. The van der Waals surface area contributed by atoms with E-state index in [2.05, 4.69) is 6.92 Å². The van der Waals surface area contributed by atoms with Gasteiger partial charge in [-0.1, -0.05) is 64.0 Å². The van der Waals surface area contributed by atoms with E-state index in [9.17, 15) is 4.39 Å². The third kappa shape index (κ3) is 6.96. The van der Waals surface area contributed by atoms with Gasteiger partial charge in [0.25, 0.3) is 0 Å². The van der Waals surface area contributed by atoms with Crippen LogP contribution in [0.25, 0.3) is 0 Å². The quantitative estimate of drug-likeness (QED) is 0.350. The van der Waals surface area contributed by atoms with Gasteiger partial charge in [0.2, 0.25) is 0 Å². The summed E-state index contributed by atoms with van der Waals surface area (Å²) in [5.74, 6) is 0.826. The molecule has 1 aromatic rings. The fraction of sp³-hybridized carbons (Fsp3) is 0.647. The van der Waals surface area contributed by atoms with Crippen molar-refractivity contribution < 1.29 is 4.39 Å². The molecule has 0 nitrogen and oxygen atoms in total. The number of hydrogen-bond acceptors (Lipinski definition) is 0. The minimum atomic E-state index is -0.173. The Balaban J connectivity index is 2.20. The first-order valence-electron chi connectivity index (χ1n) is 7.59. The van der Waals surface area contributed by atoms with Crippen LogP contribution < -0.4 is 0 Å². The highest BCUT2D eigenvalue weighted by atomic mass is 35.5. The van der Waals surface area contributed by atoms with Crippen molar-refractivity contribution in [1.82, 2.24) is 0 Å². The van der Waals surface area contributed by atoms with Crippen LogP contribution in [-0.4, -0.2) is 5.88 Å². The fourth-order valence-corrected chi connectivity index (χ4v) is 2.75. The summed E-state index contributed by atoms with van der Waals surface area (Å²) in [4.78, 5) is 0. The Kier molecular flexibility index (Phi) is 8.90. The van der Waals surface area contributed by atoms with Crippen molar-refractivity contribution in [2.75, 3.05) is 5.88 Å². The molecule has 1 aromatic carbocycles. The fourth-order valence-electron chi connectivity index (χ4n) is 2.42. The van der Waals surface area contributed by atoms with Crippen LogP contribution in [-0.2, 0) is 0 Å². The second-order valence-corrected chi connectivity index (χ2v) is 5.62. The minimum absolute atomic E-state index is 0.173. The molecule has 0 aliphatic heterocycles. The van der Waals surface area contributed by atoms with E-state index in [1.165, 1.54) is 62.6 Å². The predicted octanol–water partition coefficient (Wildman–Crippen LogP) is 6.29. The second kappa shape index (κ2) is 10.3. The van der Waals surface area contributed by atoms with E-state index < -0.39 is 0 Å². The molecule has 0 bridgehead atoms. The lowest BCUT2D eigenvalue weighted by atomic mass is 9.94. The Labute approximate surface area is 122 Å². The molecule has 0 N–H and O–H groups in total. The van der Waals surface area contributed by atoms with Crippen LogP contribution in [0.1, 0.15) is 69.8 Å². The van der Waals surface area contributed by atoms with Crippen LogP contribution in [0.5, 0.6) is 0 Å². The molecule has 108 valence electrons. The van der Waals surface area contributed by atoms with Crippen molar-refractivity contribution in [3.63, 3.8) is 0 Å². The number of halogens is 2. The summed E-state index contributed by atoms with van der Waals surface area (Å²) in [6.07, 6.45) is 10.3. The molecule has 0 saturated heterocycles. The zero-order valence-corrected chi connectivity index (χ0v) is 12.8. The van der Waals surface area contributed by atoms with E-state index in [0.717, 1.165) is 6.42 Å². The Morgan fingerprint density at radius 2 is 1.53 bits per heavy atom. The highest BCUT2D eigenvalue weighted by Crippen LogP contribution is 2.24. The maximum absolute atomic E-state index is 12.9. The van der Waals surface area contributed by atoms with Gasteiger partial charge in [-0.25, -0.2) is 4.39 Å². The number of alkyl halides is 1. The summed E-state index contributed by atoms with van der Waals surface area (Å²) in [6, 6.07) is 6.78. The van der Waals surface area contributed by atoms with Gasteiger partial charge in [0, 0.05) is 5.88 Å². The number of rotatable bonds is 10. The molecule has 0 aliphatic rings. The summed E-state index contributed by atoms with van der Waals surface area (Å²) < 4.78 is 12.9. The van der Waals surface area contributed by atoms with Gasteiger partial charge in [-0.15, -0.1) is 11.6 Å². The highest BCUT2D eigenvalue weighted by Gasteiger charge is 2.09. The third-order valence-corrected chi connectivity index (χ3v) is 4.06. The van der Waals surface area contributed by atoms with Crippen molar-refractivity contribution in [3.8, 4) is 0 Å².